The van der Waals surface area contributed by atoms with Gasteiger partial charge in [0, 0.05) is 17.6 Å². The van der Waals surface area contributed by atoms with Crippen molar-refractivity contribution in [1.29, 1.82) is 0 Å². The summed E-state index contributed by atoms with van der Waals surface area (Å²) in [5, 5.41) is 23.5. The van der Waals surface area contributed by atoms with E-state index in [4.69, 9.17) is 16.7 Å². The number of aryl methyl sites for hydroxylation is 1. The van der Waals surface area contributed by atoms with Crippen molar-refractivity contribution in [2.24, 2.45) is 0 Å². The highest BCUT2D eigenvalue weighted by atomic mass is 35.5. The number of rotatable bonds is 6. The average molecular weight is 440 g/mol. The summed E-state index contributed by atoms with van der Waals surface area (Å²) in [6.07, 6.45) is 2.06. The molecule has 1 aliphatic carbocycles. The first-order valence-electron chi connectivity index (χ1n) is 10.2. The number of benzene rings is 3. The zero-order chi connectivity index (χ0) is 22.0. The van der Waals surface area contributed by atoms with Crippen LogP contribution >= 0.6 is 11.6 Å². The van der Waals surface area contributed by atoms with Gasteiger partial charge >= 0.3 is 5.97 Å². The number of nitrogens with one attached hydrogen (secondary N) is 1. The number of hydrogen-bond donors (Lipinski definition) is 3. The van der Waals surface area contributed by atoms with Gasteiger partial charge in [0.2, 0.25) is 0 Å². The van der Waals surface area contributed by atoms with Gasteiger partial charge in [-0.3, -0.25) is 0 Å². The number of hydrogen-bond acceptors (Lipinski definition) is 3. The number of carboxylic acid groups (broad SMARTS) is 1. The second-order valence-corrected chi connectivity index (χ2v) is 8.34. The molecule has 0 amide bonds. The smallest absolute Gasteiger partial charge is 0.338 e. The van der Waals surface area contributed by atoms with Crippen molar-refractivity contribution in [3.63, 3.8) is 0 Å². The predicted octanol–water partition coefficient (Wildman–Crippen LogP) is 5.02. The molecule has 31 heavy (non-hydrogen) atoms. The van der Waals surface area contributed by atoms with Crippen molar-refractivity contribution in [3.8, 4) is 11.1 Å². The Kier molecular flexibility index (Phi) is 6.37. The number of carboxylic acids is 1. The van der Waals surface area contributed by atoms with Crippen molar-refractivity contribution in [2.75, 3.05) is 6.54 Å². The molecule has 3 aromatic carbocycles. The summed E-state index contributed by atoms with van der Waals surface area (Å²) >= 11 is 6.01. The van der Waals surface area contributed by atoms with Gasteiger partial charge in [0.25, 0.3) is 0 Å². The van der Waals surface area contributed by atoms with Crippen LogP contribution in [0.4, 0.5) is 4.39 Å². The van der Waals surface area contributed by atoms with Gasteiger partial charge in [0.05, 0.1) is 11.7 Å². The number of aliphatic hydroxyl groups is 1. The minimum absolute atomic E-state index is 0.225. The molecule has 0 heterocycles. The summed E-state index contributed by atoms with van der Waals surface area (Å²) in [6, 6.07) is 17.7. The van der Waals surface area contributed by atoms with Crippen LogP contribution in [0.15, 0.2) is 60.7 Å². The summed E-state index contributed by atoms with van der Waals surface area (Å²) in [6.45, 7) is 0.432. The molecule has 3 N–H and O–H groups in total. The fraction of sp³-hybridized carbons (Fsp3) is 0.240. The van der Waals surface area contributed by atoms with E-state index in [1.165, 1.54) is 23.3 Å². The molecule has 6 heteroatoms. The van der Waals surface area contributed by atoms with E-state index >= 15 is 0 Å². The number of carbonyl (C=O) groups is 1. The molecule has 0 fully saturated rings. The minimum Gasteiger partial charge on any atom is -0.478 e. The molecule has 0 saturated heterocycles. The summed E-state index contributed by atoms with van der Waals surface area (Å²) in [5.74, 6) is -2.01. The lowest BCUT2D eigenvalue weighted by Gasteiger charge is -2.27. The Labute approximate surface area is 185 Å². The molecule has 3 aromatic rings. The molecule has 2 atom stereocenters. The Morgan fingerprint density at radius 3 is 2.61 bits per heavy atom. The lowest BCUT2D eigenvalue weighted by Crippen LogP contribution is -2.37. The van der Waals surface area contributed by atoms with E-state index in [1.54, 1.807) is 18.2 Å². The molecule has 0 unspecified atom stereocenters. The normalized spacial score (nSPS) is 16.5. The summed E-state index contributed by atoms with van der Waals surface area (Å²) < 4.78 is 14.1. The van der Waals surface area contributed by atoms with Gasteiger partial charge in [0.1, 0.15) is 5.82 Å². The highest BCUT2D eigenvalue weighted by Crippen LogP contribution is 2.29. The van der Waals surface area contributed by atoms with Gasteiger partial charge in [-0.05, 0) is 71.3 Å². The number of aliphatic hydroxyl groups excluding tert-OH is 1. The van der Waals surface area contributed by atoms with Crippen molar-refractivity contribution in [3.05, 3.63) is 93.8 Å². The largest absolute Gasteiger partial charge is 0.478 e. The fourth-order valence-corrected chi connectivity index (χ4v) is 4.29. The maximum atomic E-state index is 14.1. The molecule has 4 rings (SSSR count). The fourth-order valence-electron chi connectivity index (χ4n) is 4.09. The highest BCUT2D eigenvalue weighted by molar-refractivity contribution is 6.30. The molecule has 0 spiro atoms. The Bertz CT molecular complexity index is 1120. The highest BCUT2D eigenvalue weighted by Gasteiger charge is 2.20. The van der Waals surface area contributed by atoms with Crippen LogP contribution in [-0.4, -0.2) is 28.8 Å². The lowest BCUT2D eigenvalue weighted by molar-refractivity contribution is 0.0692. The Hall–Kier alpha value is -2.73. The summed E-state index contributed by atoms with van der Waals surface area (Å²) in [4.78, 5) is 11.0. The molecule has 0 aliphatic heterocycles. The van der Waals surface area contributed by atoms with Gasteiger partial charge in [-0.2, -0.15) is 0 Å². The molecule has 160 valence electrons. The van der Waals surface area contributed by atoms with Crippen LogP contribution in [0.3, 0.4) is 0 Å². The molecular weight excluding hydrogens is 417 g/mol. The molecular formula is C25H23ClFNO3. The van der Waals surface area contributed by atoms with Crippen molar-refractivity contribution in [1.82, 2.24) is 5.32 Å². The summed E-state index contributed by atoms with van der Waals surface area (Å²) in [7, 11) is 0. The van der Waals surface area contributed by atoms with Gasteiger partial charge < -0.3 is 15.5 Å². The van der Waals surface area contributed by atoms with Crippen LogP contribution in [0.2, 0.25) is 5.02 Å². The second kappa shape index (κ2) is 9.18. The van der Waals surface area contributed by atoms with E-state index in [9.17, 15) is 14.3 Å². The molecule has 4 nitrogen and oxygen atoms in total. The Morgan fingerprint density at radius 1 is 1.10 bits per heavy atom. The average Bonchev–Trinajstić information content (AvgIpc) is 2.76. The van der Waals surface area contributed by atoms with E-state index < -0.39 is 17.9 Å². The maximum absolute atomic E-state index is 14.1. The summed E-state index contributed by atoms with van der Waals surface area (Å²) in [5.41, 5.74) is 4.40. The zero-order valence-electron chi connectivity index (χ0n) is 16.8. The molecule has 0 aromatic heterocycles. The van der Waals surface area contributed by atoms with E-state index in [1.807, 2.05) is 24.3 Å². The molecule has 1 aliphatic rings. The van der Waals surface area contributed by atoms with E-state index in [2.05, 4.69) is 11.4 Å². The predicted molar refractivity (Wildman–Crippen MR) is 119 cm³/mol. The standard InChI is InChI=1S/C25H23ClFNO3/c26-20-3-1-2-18(11-20)24(29)14-28-21-8-6-15-4-5-16(10-19(15)12-21)17-7-9-22(25(30)31)23(27)13-17/h1-5,7,9-11,13,21,24,28-29H,6,8,12,14H2,(H,30,31)/t21-,24+/m0/s1. The van der Waals surface area contributed by atoms with Crippen LogP contribution in [0.5, 0.6) is 0 Å². The first-order chi connectivity index (χ1) is 14.9. The van der Waals surface area contributed by atoms with Crippen LogP contribution < -0.4 is 5.32 Å². The number of fused-ring (bicyclic) bond motifs is 1. The lowest BCUT2D eigenvalue weighted by atomic mass is 9.86. The topological polar surface area (TPSA) is 69.6 Å². The molecule has 0 bridgehead atoms. The van der Waals surface area contributed by atoms with Crippen molar-refractivity contribution in [2.45, 2.75) is 31.4 Å². The third-order valence-electron chi connectivity index (χ3n) is 5.80. The quantitative estimate of drug-likeness (QED) is 0.504. The molecule has 0 saturated carbocycles. The minimum atomic E-state index is -1.27. The van der Waals surface area contributed by atoms with E-state index in [-0.39, 0.29) is 11.6 Å². The van der Waals surface area contributed by atoms with Crippen LogP contribution in [0, 0.1) is 5.82 Å². The van der Waals surface area contributed by atoms with Crippen LogP contribution in [0.25, 0.3) is 11.1 Å². The van der Waals surface area contributed by atoms with E-state index in [0.29, 0.717) is 17.1 Å². The van der Waals surface area contributed by atoms with Gasteiger partial charge in [0.15, 0.2) is 0 Å². The van der Waals surface area contributed by atoms with Gasteiger partial charge in [-0.25, -0.2) is 9.18 Å². The first-order valence-corrected chi connectivity index (χ1v) is 10.6. The second-order valence-electron chi connectivity index (χ2n) is 7.90. The van der Waals surface area contributed by atoms with E-state index in [0.717, 1.165) is 30.4 Å². The van der Waals surface area contributed by atoms with Crippen molar-refractivity contribution >= 4 is 17.6 Å². The SMILES string of the molecule is O=C(O)c1ccc(-c2ccc3c(c2)C[C@@H](NC[C@@H](O)c2cccc(Cl)c2)CC3)cc1F. The first kappa shape index (κ1) is 21.5. The van der Waals surface area contributed by atoms with Crippen LogP contribution in [0.1, 0.15) is 39.6 Å². The molecule has 0 radical (unpaired) electrons. The Balaban J connectivity index is 1.45. The van der Waals surface area contributed by atoms with Crippen LogP contribution in [-0.2, 0) is 12.8 Å². The van der Waals surface area contributed by atoms with Gasteiger partial charge in [-0.1, -0.05) is 48.0 Å². The number of halogens is 2. The monoisotopic (exact) mass is 439 g/mol. The third kappa shape index (κ3) is 4.96. The number of aromatic carboxylic acids is 1. The Morgan fingerprint density at radius 2 is 1.87 bits per heavy atom. The van der Waals surface area contributed by atoms with Crippen molar-refractivity contribution < 1.29 is 19.4 Å². The van der Waals surface area contributed by atoms with Gasteiger partial charge in [-0.15, -0.1) is 0 Å². The zero-order valence-corrected chi connectivity index (χ0v) is 17.6. The maximum Gasteiger partial charge on any atom is 0.338 e. The third-order valence-corrected chi connectivity index (χ3v) is 6.04.